The summed E-state index contributed by atoms with van der Waals surface area (Å²) < 4.78 is 36.7. The van der Waals surface area contributed by atoms with E-state index in [2.05, 4.69) is 28.8 Å². The summed E-state index contributed by atoms with van der Waals surface area (Å²) in [6, 6.07) is 5.31. The molecule has 0 aliphatic carbocycles. The first-order valence-corrected chi connectivity index (χ1v) is 20.8. The number of aromatic nitrogens is 3. The van der Waals surface area contributed by atoms with Gasteiger partial charge in [0.05, 0.1) is 26.5 Å². The van der Waals surface area contributed by atoms with Crippen LogP contribution < -0.4 is 10.1 Å². The fraction of sp³-hybridized carbons (Fsp3) is 0.545. The van der Waals surface area contributed by atoms with Gasteiger partial charge in [-0.3, -0.25) is 19.2 Å². The van der Waals surface area contributed by atoms with Crippen LogP contribution in [0.1, 0.15) is 91.0 Å². The van der Waals surface area contributed by atoms with Gasteiger partial charge in [0.25, 0.3) is 11.8 Å². The summed E-state index contributed by atoms with van der Waals surface area (Å²) in [6.07, 6.45) is 7.79. The number of carbonyl (C=O) groups is 6. The number of nitrogens with zero attached hydrogens (tertiary/aromatic N) is 4. The number of nitrogens with one attached hydrogen (secondary N) is 1. The molecule has 0 spiro atoms. The molecule has 3 heterocycles. The Hall–Kier alpha value is -5.88. The standard InChI is InChI=1S/C44H59N5O13/c1-8-14-32(9-2)15-13-16-35(59-30(5)50)27-57-43-29(4)28(3)42(60-31(6)51)38(61-43)25-48-24-36(46-47-48)33-18-19-34(37(23-33)56-7)26-58-44(55)45-22-12-10-11-17-41(54)62-49-39(52)20-21-40(49)53/h8-9,14,18-19,23-24,28-29,35,38,42-43H,1-2,10-13,15-17,20-22,25-27H2,3-7H3,(H,45,55)/b32-14+/t28-,29?,35?,38?,42-,43+/m1/s1. The van der Waals surface area contributed by atoms with Crippen molar-refractivity contribution in [1.82, 2.24) is 25.4 Å². The second-order valence-corrected chi connectivity index (χ2v) is 15.2. The molecule has 2 aliphatic rings. The van der Waals surface area contributed by atoms with Crippen molar-refractivity contribution in [3.05, 3.63) is 66.9 Å². The van der Waals surface area contributed by atoms with E-state index < -0.39 is 60.4 Å². The van der Waals surface area contributed by atoms with Gasteiger partial charge in [0, 0.05) is 62.6 Å². The van der Waals surface area contributed by atoms with E-state index in [0.29, 0.717) is 59.9 Å². The summed E-state index contributed by atoms with van der Waals surface area (Å²) in [5.41, 5.74) is 2.86. The van der Waals surface area contributed by atoms with Crippen molar-refractivity contribution in [3.63, 3.8) is 0 Å². The number of imide groups is 1. The third-order valence-corrected chi connectivity index (χ3v) is 10.5. The molecule has 3 unspecified atom stereocenters. The van der Waals surface area contributed by atoms with E-state index in [-0.39, 0.29) is 50.9 Å². The quantitative estimate of drug-likeness (QED) is 0.0441. The molecule has 0 bridgehead atoms. The Balaban J connectivity index is 1.29. The topological polar surface area (TPSA) is 213 Å². The van der Waals surface area contributed by atoms with Gasteiger partial charge in [-0.15, -0.1) is 10.2 Å². The highest BCUT2D eigenvalue weighted by Crippen LogP contribution is 2.35. The number of ether oxygens (including phenoxy) is 6. The average Bonchev–Trinajstić information content (AvgIpc) is 3.84. The van der Waals surface area contributed by atoms with Crippen molar-refractivity contribution in [2.24, 2.45) is 11.8 Å². The second-order valence-electron chi connectivity index (χ2n) is 15.2. The molecule has 1 aromatic carbocycles. The Kier molecular flexibility index (Phi) is 19.3. The van der Waals surface area contributed by atoms with Crippen LogP contribution in [-0.2, 0) is 65.6 Å². The molecule has 2 aliphatic heterocycles. The van der Waals surface area contributed by atoms with Crippen LogP contribution in [0.5, 0.6) is 5.75 Å². The molecule has 0 radical (unpaired) electrons. The lowest BCUT2D eigenvalue weighted by molar-refractivity contribution is -0.274. The molecule has 3 amide bonds. The molecule has 18 heteroatoms. The Morgan fingerprint density at radius 2 is 1.76 bits per heavy atom. The van der Waals surface area contributed by atoms with Gasteiger partial charge in [-0.2, -0.15) is 0 Å². The van der Waals surface area contributed by atoms with Crippen LogP contribution in [0.3, 0.4) is 0 Å². The van der Waals surface area contributed by atoms with E-state index in [4.69, 9.17) is 33.3 Å². The van der Waals surface area contributed by atoms with Crippen LogP contribution in [0.4, 0.5) is 4.79 Å². The Morgan fingerprint density at radius 1 is 1.00 bits per heavy atom. The molecule has 0 saturated carbocycles. The minimum absolute atomic E-state index is 0.0313. The minimum Gasteiger partial charge on any atom is -0.496 e. The smallest absolute Gasteiger partial charge is 0.407 e. The molecule has 18 nitrogen and oxygen atoms in total. The number of alkyl carbamates (subject to hydrolysis) is 1. The molecule has 6 atom stereocenters. The number of allylic oxidation sites excluding steroid dienone is 4. The van der Waals surface area contributed by atoms with Crippen molar-refractivity contribution in [2.75, 3.05) is 20.3 Å². The van der Waals surface area contributed by atoms with E-state index in [0.717, 1.165) is 18.4 Å². The zero-order valence-corrected chi connectivity index (χ0v) is 36.2. The highest BCUT2D eigenvalue weighted by molar-refractivity contribution is 6.01. The maximum atomic E-state index is 12.4. The van der Waals surface area contributed by atoms with Crippen LogP contribution in [0.2, 0.25) is 0 Å². The second kappa shape index (κ2) is 24.5. The Labute approximate surface area is 361 Å². The SMILES string of the molecule is C=C/C=C(\C=C)CCCC(CO[C@H]1OC(Cn2cc(-c3ccc(COC(=O)NCCCCCC(=O)ON4C(=O)CCC4=O)c(OC)c3)nn2)[C@H](OC(C)=O)[C@H](C)C1C)OC(C)=O. The lowest BCUT2D eigenvalue weighted by Crippen LogP contribution is -2.53. The number of unbranched alkanes of at least 4 members (excludes halogenated alkanes) is 2. The molecule has 1 N–H and O–H groups in total. The number of hydrogen-bond acceptors (Lipinski definition) is 15. The normalized spacial score (nSPS) is 20.6. The summed E-state index contributed by atoms with van der Waals surface area (Å²) >= 11 is 0. The molecular formula is C44H59N5O13. The van der Waals surface area contributed by atoms with E-state index in [1.165, 1.54) is 21.0 Å². The fourth-order valence-electron chi connectivity index (χ4n) is 7.01. The lowest BCUT2D eigenvalue weighted by Gasteiger charge is -2.44. The van der Waals surface area contributed by atoms with Gasteiger partial charge in [-0.25, -0.2) is 14.3 Å². The summed E-state index contributed by atoms with van der Waals surface area (Å²) in [5.74, 6) is -2.44. The van der Waals surface area contributed by atoms with Crippen molar-refractivity contribution < 1.29 is 62.0 Å². The monoisotopic (exact) mass is 865 g/mol. The largest absolute Gasteiger partial charge is 0.496 e. The number of hydrogen-bond donors (Lipinski definition) is 1. The van der Waals surface area contributed by atoms with Crippen molar-refractivity contribution >= 4 is 35.8 Å². The summed E-state index contributed by atoms with van der Waals surface area (Å²) in [6.45, 7) is 14.8. The predicted molar refractivity (Wildman–Crippen MR) is 222 cm³/mol. The predicted octanol–water partition coefficient (Wildman–Crippen LogP) is 5.69. The van der Waals surface area contributed by atoms with Crippen LogP contribution >= 0.6 is 0 Å². The maximum absolute atomic E-state index is 12.4. The van der Waals surface area contributed by atoms with Gasteiger partial charge < -0.3 is 38.6 Å². The first kappa shape index (κ1) is 48.8. The van der Waals surface area contributed by atoms with Gasteiger partial charge in [0.2, 0.25) is 0 Å². The molecule has 2 aromatic rings. The van der Waals surface area contributed by atoms with Gasteiger partial charge in [-0.05, 0) is 43.7 Å². The number of carbonyl (C=O) groups excluding carboxylic acids is 6. The van der Waals surface area contributed by atoms with Crippen molar-refractivity contribution in [3.8, 4) is 17.0 Å². The van der Waals surface area contributed by atoms with Gasteiger partial charge in [0.1, 0.15) is 36.4 Å². The van der Waals surface area contributed by atoms with Crippen molar-refractivity contribution in [1.29, 1.82) is 0 Å². The average molecular weight is 866 g/mol. The minimum atomic E-state index is -0.694. The number of amides is 3. The fourth-order valence-corrected chi connectivity index (χ4v) is 7.01. The summed E-state index contributed by atoms with van der Waals surface area (Å²) in [4.78, 5) is 76.5. The van der Waals surface area contributed by atoms with Crippen LogP contribution in [-0.4, -0.2) is 101 Å². The maximum Gasteiger partial charge on any atom is 0.407 e. The van der Waals surface area contributed by atoms with E-state index in [9.17, 15) is 28.8 Å². The Bertz CT molecular complexity index is 1910. The van der Waals surface area contributed by atoms with Gasteiger partial charge in [-0.1, -0.05) is 69.0 Å². The number of hydroxylamine groups is 2. The van der Waals surface area contributed by atoms with E-state index >= 15 is 0 Å². The molecule has 1 aromatic heterocycles. The zero-order valence-electron chi connectivity index (χ0n) is 36.2. The van der Waals surface area contributed by atoms with Crippen LogP contribution in [0.15, 0.2) is 61.4 Å². The van der Waals surface area contributed by atoms with E-state index in [1.54, 1.807) is 41.2 Å². The van der Waals surface area contributed by atoms with Gasteiger partial charge >= 0.3 is 24.0 Å². The summed E-state index contributed by atoms with van der Waals surface area (Å²) in [5, 5.41) is 11.9. The highest BCUT2D eigenvalue weighted by Gasteiger charge is 2.44. The molecule has 2 saturated heterocycles. The Morgan fingerprint density at radius 3 is 2.44 bits per heavy atom. The number of esters is 2. The van der Waals surface area contributed by atoms with Gasteiger partial charge in [0.15, 0.2) is 6.29 Å². The molecule has 2 fully saturated rings. The molecular weight excluding hydrogens is 807 g/mol. The van der Waals surface area contributed by atoms with Crippen LogP contribution in [0, 0.1) is 11.8 Å². The van der Waals surface area contributed by atoms with E-state index in [1.807, 2.05) is 19.9 Å². The third-order valence-electron chi connectivity index (χ3n) is 10.5. The third kappa shape index (κ3) is 14.9. The number of methoxy groups -OCH3 is 1. The molecule has 62 heavy (non-hydrogen) atoms. The summed E-state index contributed by atoms with van der Waals surface area (Å²) in [7, 11) is 1.50. The number of rotatable bonds is 24. The first-order chi connectivity index (χ1) is 29.7. The first-order valence-electron chi connectivity index (χ1n) is 20.8. The lowest BCUT2D eigenvalue weighted by atomic mass is 9.84. The zero-order chi connectivity index (χ0) is 45.2. The van der Waals surface area contributed by atoms with Crippen molar-refractivity contribution in [2.45, 2.75) is 123 Å². The highest BCUT2D eigenvalue weighted by atomic mass is 16.7. The number of benzene rings is 1. The molecule has 4 rings (SSSR count). The van der Waals surface area contributed by atoms with Crippen LogP contribution in [0.25, 0.3) is 11.3 Å². The molecule has 338 valence electrons.